The first-order valence-electron chi connectivity index (χ1n) is 5.25. The molecule has 1 aromatic rings. The highest BCUT2D eigenvalue weighted by Crippen LogP contribution is 2.14. The van der Waals surface area contributed by atoms with Gasteiger partial charge in [-0.2, -0.15) is 0 Å². The van der Waals surface area contributed by atoms with Crippen molar-refractivity contribution in [3.63, 3.8) is 0 Å². The van der Waals surface area contributed by atoms with Gasteiger partial charge in [-0.25, -0.2) is 0 Å². The van der Waals surface area contributed by atoms with Crippen LogP contribution in [0.25, 0.3) is 0 Å². The SMILES string of the molecule is CC1N=C(c2ccccc2)N(C)N(C)C1=O. The van der Waals surface area contributed by atoms with E-state index in [4.69, 9.17) is 0 Å². The van der Waals surface area contributed by atoms with Crippen LogP contribution >= 0.6 is 0 Å². The fraction of sp³-hybridized carbons (Fsp3) is 0.333. The number of hydrogen-bond acceptors (Lipinski definition) is 3. The van der Waals surface area contributed by atoms with Gasteiger partial charge in [-0.05, 0) is 6.92 Å². The molecule has 4 nitrogen and oxygen atoms in total. The Morgan fingerprint density at radius 3 is 2.38 bits per heavy atom. The number of benzene rings is 1. The molecule has 0 saturated heterocycles. The fourth-order valence-electron chi connectivity index (χ4n) is 1.73. The van der Waals surface area contributed by atoms with Crippen LogP contribution in [-0.2, 0) is 4.79 Å². The molecule has 84 valence electrons. The van der Waals surface area contributed by atoms with E-state index in [1.165, 1.54) is 0 Å². The van der Waals surface area contributed by atoms with Crippen LogP contribution < -0.4 is 0 Å². The summed E-state index contributed by atoms with van der Waals surface area (Å²) in [6.45, 7) is 1.81. The van der Waals surface area contributed by atoms with Crippen LogP contribution in [0.1, 0.15) is 12.5 Å². The lowest BCUT2D eigenvalue weighted by Gasteiger charge is -2.36. The summed E-state index contributed by atoms with van der Waals surface area (Å²) in [6.07, 6.45) is 0. The van der Waals surface area contributed by atoms with Crippen molar-refractivity contribution in [2.75, 3.05) is 14.1 Å². The maximum absolute atomic E-state index is 11.7. The van der Waals surface area contributed by atoms with Gasteiger partial charge in [0.15, 0.2) is 0 Å². The molecule has 0 N–H and O–H groups in total. The van der Waals surface area contributed by atoms with E-state index in [1.807, 2.05) is 44.3 Å². The molecular weight excluding hydrogens is 202 g/mol. The Balaban J connectivity index is 2.42. The summed E-state index contributed by atoms with van der Waals surface area (Å²) < 4.78 is 0. The van der Waals surface area contributed by atoms with E-state index in [9.17, 15) is 4.79 Å². The number of hydrazine groups is 1. The number of carbonyl (C=O) groups is 1. The van der Waals surface area contributed by atoms with Gasteiger partial charge in [-0.3, -0.25) is 19.8 Å². The van der Waals surface area contributed by atoms with Crippen LogP contribution in [0.3, 0.4) is 0 Å². The van der Waals surface area contributed by atoms with E-state index < -0.39 is 0 Å². The van der Waals surface area contributed by atoms with E-state index in [0.717, 1.165) is 11.4 Å². The van der Waals surface area contributed by atoms with Crippen LogP contribution in [0.5, 0.6) is 0 Å². The van der Waals surface area contributed by atoms with Crippen molar-refractivity contribution >= 4 is 11.7 Å². The second kappa shape index (κ2) is 3.96. The largest absolute Gasteiger partial charge is 0.271 e. The number of nitrogens with zero attached hydrogens (tertiary/aromatic N) is 3. The number of aliphatic imine (C=N–C) groups is 1. The number of likely N-dealkylation sites (N-methyl/N-ethyl adjacent to an activating group) is 1. The molecule has 1 aliphatic heterocycles. The molecule has 0 spiro atoms. The van der Waals surface area contributed by atoms with Crippen molar-refractivity contribution in [3.8, 4) is 0 Å². The van der Waals surface area contributed by atoms with Gasteiger partial charge in [0.2, 0.25) is 0 Å². The monoisotopic (exact) mass is 217 g/mol. The van der Waals surface area contributed by atoms with Crippen molar-refractivity contribution in [2.24, 2.45) is 4.99 Å². The van der Waals surface area contributed by atoms with Gasteiger partial charge in [0, 0.05) is 19.7 Å². The topological polar surface area (TPSA) is 35.9 Å². The van der Waals surface area contributed by atoms with Crippen LogP contribution in [0, 0.1) is 0 Å². The lowest BCUT2D eigenvalue weighted by molar-refractivity contribution is -0.141. The summed E-state index contributed by atoms with van der Waals surface area (Å²) in [5.41, 5.74) is 1.02. The summed E-state index contributed by atoms with van der Waals surface area (Å²) >= 11 is 0. The van der Waals surface area contributed by atoms with Crippen LogP contribution in [0.15, 0.2) is 35.3 Å². The third-order valence-corrected chi connectivity index (χ3v) is 2.78. The maximum atomic E-state index is 11.7. The molecule has 1 atom stereocenters. The van der Waals surface area contributed by atoms with Crippen molar-refractivity contribution in [1.82, 2.24) is 10.0 Å². The first-order valence-corrected chi connectivity index (χ1v) is 5.25. The number of amidine groups is 1. The molecule has 0 saturated carbocycles. The molecule has 1 unspecified atom stereocenters. The Bertz CT molecular complexity index is 427. The highest BCUT2D eigenvalue weighted by molar-refractivity contribution is 6.03. The lowest BCUT2D eigenvalue weighted by Crippen LogP contribution is -2.52. The molecular formula is C12H15N3O. The average molecular weight is 217 g/mol. The normalized spacial score (nSPS) is 21.1. The van der Waals surface area contributed by atoms with Gasteiger partial charge in [-0.15, -0.1) is 0 Å². The summed E-state index contributed by atoms with van der Waals surface area (Å²) in [4.78, 5) is 16.1. The molecule has 4 heteroatoms. The zero-order chi connectivity index (χ0) is 11.7. The van der Waals surface area contributed by atoms with E-state index in [-0.39, 0.29) is 11.9 Å². The van der Waals surface area contributed by atoms with E-state index in [2.05, 4.69) is 4.99 Å². The smallest absolute Gasteiger partial charge is 0.265 e. The zero-order valence-corrected chi connectivity index (χ0v) is 9.71. The third kappa shape index (κ3) is 1.66. The molecule has 0 aliphatic carbocycles. The quantitative estimate of drug-likeness (QED) is 0.707. The molecule has 0 aromatic heterocycles. The first-order chi connectivity index (χ1) is 7.61. The van der Waals surface area contributed by atoms with Crippen LogP contribution in [0.2, 0.25) is 0 Å². The Labute approximate surface area is 95.2 Å². The van der Waals surface area contributed by atoms with Crippen molar-refractivity contribution in [2.45, 2.75) is 13.0 Å². The zero-order valence-electron chi connectivity index (χ0n) is 9.71. The molecule has 0 fully saturated rings. The van der Waals surface area contributed by atoms with Gasteiger partial charge in [0.1, 0.15) is 11.9 Å². The number of hydrogen-bond donors (Lipinski definition) is 0. The van der Waals surface area contributed by atoms with E-state index in [0.29, 0.717) is 0 Å². The van der Waals surface area contributed by atoms with Gasteiger partial charge >= 0.3 is 0 Å². The van der Waals surface area contributed by atoms with Gasteiger partial charge in [0.25, 0.3) is 5.91 Å². The fourth-order valence-corrected chi connectivity index (χ4v) is 1.73. The number of rotatable bonds is 1. The highest BCUT2D eigenvalue weighted by atomic mass is 16.2. The van der Waals surface area contributed by atoms with Crippen molar-refractivity contribution < 1.29 is 4.79 Å². The third-order valence-electron chi connectivity index (χ3n) is 2.78. The molecule has 1 aromatic carbocycles. The molecule has 1 amide bonds. The second-order valence-electron chi connectivity index (χ2n) is 3.88. The minimum absolute atomic E-state index is 0.0159. The Kier molecular flexibility index (Phi) is 2.64. The van der Waals surface area contributed by atoms with E-state index >= 15 is 0 Å². The standard InChI is InChI=1S/C12H15N3O/c1-9-12(16)15(3)14(2)11(13-9)10-7-5-4-6-8-10/h4-9H,1-3H3. The molecule has 2 rings (SSSR count). The van der Waals surface area contributed by atoms with E-state index in [1.54, 1.807) is 17.1 Å². The van der Waals surface area contributed by atoms with Crippen LogP contribution in [0.4, 0.5) is 0 Å². The predicted octanol–water partition coefficient (Wildman–Crippen LogP) is 1.14. The van der Waals surface area contributed by atoms with Crippen LogP contribution in [-0.4, -0.2) is 41.9 Å². The van der Waals surface area contributed by atoms with Gasteiger partial charge < -0.3 is 0 Å². The summed E-state index contributed by atoms with van der Waals surface area (Å²) in [6, 6.07) is 9.57. The predicted molar refractivity (Wildman–Crippen MR) is 63.0 cm³/mol. The highest BCUT2D eigenvalue weighted by Gasteiger charge is 2.28. The Hall–Kier alpha value is -1.84. The Morgan fingerprint density at radius 1 is 1.12 bits per heavy atom. The molecule has 0 bridgehead atoms. The average Bonchev–Trinajstić information content (AvgIpc) is 2.32. The number of amides is 1. The molecule has 1 aliphatic rings. The van der Waals surface area contributed by atoms with Crippen molar-refractivity contribution in [1.29, 1.82) is 0 Å². The van der Waals surface area contributed by atoms with Crippen molar-refractivity contribution in [3.05, 3.63) is 35.9 Å². The minimum Gasteiger partial charge on any atom is -0.271 e. The Morgan fingerprint density at radius 2 is 1.75 bits per heavy atom. The summed E-state index contributed by atoms with van der Waals surface area (Å²) in [5, 5.41) is 3.37. The summed E-state index contributed by atoms with van der Waals surface area (Å²) in [7, 11) is 3.60. The molecule has 1 heterocycles. The summed E-state index contributed by atoms with van der Waals surface area (Å²) in [5.74, 6) is 0.845. The second-order valence-corrected chi connectivity index (χ2v) is 3.88. The number of carbonyl (C=O) groups excluding carboxylic acids is 1. The lowest BCUT2D eigenvalue weighted by atomic mass is 10.2. The van der Waals surface area contributed by atoms with Gasteiger partial charge in [-0.1, -0.05) is 30.3 Å². The first kappa shape index (κ1) is 10.7. The maximum Gasteiger partial charge on any atom is 0.265 e. The van der Waals surface area contributed by atoms with Gasteiger partial charge in [0.05, 0.1) is 0 Å². The molecule has 0 radical (unpaired) electrons. The molecule has 16 heavy (non-hydrogen) atoms. The minimum atomic E-state index is -0.309.